The van der Waals surface area contributed by atoms with Crippen molar-refractivity contribution < 1.29 is 4.79 Å². The molecule has 2 heteroatoms. The van der Waals surface area contributed by atoms with Crippen molar-refractivity contribution in [2.45, 2.75) is 5.92 Å². The van der Waals surface area contributed by atoms with Crippen LogP contribution >= 0.6 is 0 Å². The molecule has 0 saturated carbocycles. The average Bonchev–Trinajstić information content (AvgIpc) is 2.73. The lowest BCUT2D eigenvalue weighted by atomic mass is 9.90. The molecular weight excluding hydrogens is 246 g/mol. The van der Waals surface area contributed by atoms with Crippen molar-refractivity contribution in [1.82, 2.24) is 4.90 Å². The first-order valence-corrected chi connectivity index (χ1v) is 6.75. The molecule has 0 fully saturated rings. The van der Waals surface area contributed by atoms with Crippen LogP contribution < -0.4 is 0 Å². The molecule has 0 aromatic heterocycles. The lowest BCUT2D eigenvalue weighted by Crippen LogP contribution is -2.09. The molecule has 0 N–H and O–H groups in total. The molecule has 1 aliphatic rings. The van der Waals surface area contributed by atoms with E-state index in [0.29, 0.717) is 0 Å². The van der Waals surface area contributed by atoms with Gasteiger partial charge in [-0.25, -0.2) is 0 Å². The van der Waals surface area contributed by atoms with Gasteiger partial charge in [0.05, 0.1) is 0 Å². The second-order valence-electron chi connectivity index (χ2n) is 5.31. The van der Waals surface area contributed by atoms with Crippen molar-refractivity contribution in [2.24, 2.45) is 0 Å². The number of carbonyl (C=O) groups is 1. The Bertz CT molecular complexity index is 671. The first kappa shape index (κ1) is 12.7. The van der Waals surface area contributed by atoms with E-state index < -0.39 is 0 Å². The fourth-order valence-electron chi connectivity index (χ4n) is 2.83. The summed E-state index contributed by atoms with van der Waals surface area (Å²) in [6.07, 6.45) is 1.94. The minimum absolute atomic E-state index is 0.0438. The Balaban J connectivity index is 2.20. The molecule has 20 heavy (non-hydrogen) atoms. The van der Waals surface area contributed by atoms with Crippen LogP contribution in [0.2, 0.25) is 0 Å². The van der Waals surface area contributed by atoms with E-state index >= 15 is 0 Å². The summed E-state index contributed by atoms with van der Waals surface area (Å²) < 4.78 is 0. The standard InChI is InChI=1S/C18H17NO/c1-19(2)12-16-17(13-8-4-3-5-9-13)14-10-6-7-11-15(14)18(16)20/h3-12,17H,1-2H3/b16-12+/t17-/m1/s1. The number of rotatable bonds is 2. The van der Waals surface area contributed by atoms with Crippen molar-refractivity contribution in [3.05, 3.63) is 83.1 Å². The van der Waals surface area contributed by atoms with Gasteiger partial charge < -0.3 is 4.90 Å². The molecule has 2 aromatic carbocycles. The monoisotopic (exact) mass is 263 g/mol. The maximum absolute atomic E-state index is 12.6. The van der Waals surface area contributed by atoms with Gasteiger partial charge in [-0.1, -0.05) is 54.6 Å². The number of ketones is 1. The second-order valence-corrected chi connectivity index (χ2v) is 5.31. The van der Waals surface area contributed by atoms with Crippen LogP contribution in [0.15, 0.2) is 66.4 Å². The van der Waals surface area contributed by atoms with Gasteiger partial charge in [-0.2, -0.15) is 0 Å². The fraction of sp³-hybridized carbons (Fsp3) is 0.167. The minimum atomic E-state index is 0.0438. The van der Waals surface area contributed by atoms with Crippen LogP contribution in [0.4, 0.5) is 0 Å². The van der Waals surface area contributed by atoms with Crippen LogP contribution in [0.3, 0.4) is 0 Å². The molecule has 2 aromatic rings. The van der Waals surface area contributed by atoms with E-state index in [9.17, 15) is 4.79 Å². The number of benzene rings is 2. The summed E-state index contributed by atoms with van der Waals surface area (Å²) in [7, 11) is 3.90. The highest BCUT2D eigenvalue weighted by Crippen LogP contribution is 2.41. The number of Topliss-reactive ketones (excluding diaryl/α,β-unsaturated/α-hetero) is 1. The SMILES string of the molecule is CN(C)/C=C1/C(=O)c2ccccc2[C@H]1c1ccccc1. The molecular formula is C18H17NO. The zero-order chi connectivity index (χ0) is 14.1. The van der Waals surface area contributed by atoms with Crippen LogP contribution in [0.5, 0.6) is 0 Å². The van der Waals surface area contributed by atoms with Gasteiger partial charge in [-0.15, -0.1) is 0 Å². The third kappa shape index (κ3) is 2.03. The summed E-state index contributed by atoms with van der Waals surface area (Å²) >= 11 is 0. The molecule has 2 nitrogen and oxygen atoms in total. The third-order valence-corrected chi connectivity index (χ3v) is 3.62. The summed E-state index contributed by atoms with van der Waals surface area (Å²) in [5.74, 6) is 0.186. The van der Waals surface area contributed by atoms with E-state index in [4.69, 9.17) is 0 Å². The highest BCUT2D eigenvalue weighted by Gasteiger charge is 2.35. The fourth-order valence-corrected chi connectivity index (χ4v) is 2.83. The van der Waals surface area contributed by atoms with E-state index in [0.717, 1.165) is 16.7 Å². The lowest BCUT2D eigenvalue weighted by molar-refractivity contribution is 0.103. The largest absolute Gasteiger partial charge is 0.383 e. The van der Waals surface area contributed by atoms with Gasteiger partial charge in [0.15, 0.2) is 5.78 Å². The van der Waals surface area contributed by atoms with Crippen molar-refractivity contribution in [3.63, 3.8) is 0 Å². The molecule has 0 radical (unpaired) electrons. The number of hydrogen-bond donors (Lipinski definition) is 0. The van der Waals surface area contributed by atoms with Gasteiger partial charge in [0.1, 0.15) is 0 Å². The van der Waals surface area contributed by atoms with Gasteiger partial charge in [-0.3, -0.25) is 4.79 Å². The quantitative estimate of drug-likeness (QED) is 0.773. The summed E-state index contributed by atoms with van der Waals surface area (Å²) in [6.45, 7) is 0. The van der Waals surface area contributed by atoms with Crippen LogP contribution in [0.1, 0.15) is 27.4 Å². The Morgan fingerprint density at radius 2 is 1.60 bits per heavy atom. The highest BCUT2D eigenvalue weighted by atomic mass is 16.1. The zero-order valence-corrected chi connectivity index (χ0v) is 11.7. The Hall–Kier alpha value is -2.35. The third-order valence-electron chi connectivity index (χ3n) is 3.62. The van der Waals surface area contributed by atoms with Gasteiger partial charge in [0.25, 0.3) is 0 Å². The maximum Gasteiger partial charge on any atom is 0.191 e. The molecule has 0 amide bonds. The van der Waals surface area contributed by atoms with Gasteiger partial charge >= 0.3 is 0 Å². The van der Waals surface area contributed by atoms with E-state index in [1.807, 2.05) is 61.6 Å². The summed E-state index contributed by atoms with van der Waals surface area (Å²) in [5.41, 5.74) is 3.95. The van der Waals surface area contributed by atoms with Crippen molar-refractivity contribution >= 4 is 5.78 Å². The molecule has 100 valence electrons. The average molecular weight is 263 g/mol. The highest BCUT2D eigenvalue weighted by molar-refractivity contribution is 6.14. The molecule has 1 aliphatic carbocycles. The first-order chi connectivity index (χ1) is 9.68. The summed E-state index contributed by atoms with van der Waals surface area (Å²) in [6, 6.07) is 18.1. The Kier molecular flexibility index (Phi) is 3.15. The number of fused-ring (bicyclic) bond motifs is 1. The van der Waals surface area contributed by atoms with Crippen LogP contribution in [0.25, 0.3) is 0 Å². The summed E-state index contributed by atoms with van der Waals surface area (Å²) in [5, 5.41) is 0. The topological polar surface area (TPSA) is 20.3 Å². The van der Waals surface area contributed by atoms with Crippen molar-refractivity contribution in [1.29, 1.82) is 0 Å². The Morgan fingerprint density at radius 3 is 2.30 bits per heavy atom. The molecule has 0 saturated heterocycles. The number of nitrogens with zero attached hydrogens (tertiary/aromatic N) is 1. The smallest absolute Gasteiger partial charge is 0.191 e. The van der Waals surface area contributed by atoms with Gasteiger partial charge in [-0.05, 0) is 11.1 Å². The van der Waals surface area contributed by atoms with Crippen molar-refractivity contribution in [3.8, 4) is 0 Å². The number of hydrogen-bond acceptors (Lipinski definition) is 2. The molecule has 3 rings (SSSR count). The molecule has 0 aliphatic heterocycles. The van der Waals surface area contributed by atoms with E-state index in [2.05, 4.69) is 18.2 Å². The predicted molar refractivity (Wildman–Crippen MR) is 80.8 cm³/mol. The van der Waals surface area contributed by atoms with Gasteiger partial charge in [0, 0.05) is 37.3 Å². The lowest BCUT2D eigenvalue weighted by Gasteiger charge is -2.15. The zero-order valence-electron chi connectivity index (χ0n) is 11.7. The summed E-state index contributed by atoms with van der Waals surface area (Å²) in [4.78, 5) is 14.6. The molecule has 0 heterocycles. The normalized spacial score (nSPS) is 19.2. The molecule has 0 spiro atoms. The first-order valence-electron chi connectivity index (χ1n) is 6.75. The Labute approximate surface area is 119 Å². The van der Waals surface area contributed by atoms with Gasteiger partial charge in [0.2, 0.25) is 0 Å². The minimum Gasteiger partial charge on any atom is -0.383 e. The van der Waals surface area contributed by atoms with E-state index in [1.54, 1.807) is 0 Å². The van der Waals surface area contributed by atoms with Crippen LogP contribution in [-0.4, -0.2) is 24.8 Å². The van der Waals surface area contributed by atoms with Crippen LogP contribution in [0, 0.1) is 0 Å². The number of allylic oxidation sites excluding steroid dienone is 1. The maximum atomic E-state index is 12.6. The molecule has 1 atom stereocenters. The second kappa shape index (κ2) is 4.97. The van der Waals surface area contributed by atoms with Crippen molar-refractivity contribution in [2.75, 3.05) is 14.1 Å². The van der Waals surface area contributed by atoms with E-state index in [-0.39, 0.29) is 11.7 Å². The van der Waals surface area contributed by atoms with Crippen LogP contribution in [-0.2, 0) is 0 Å². The molecule has 0 unspecified atom stereocenters. The Morgan fingerprint density at radius 1 is 0.950 bits per heavy atom. The molecule has 0 bridgehead atoms. The number of carbonyl (C=O) groups excluding carboxylic acids is 1. The predicted octanol–water partition coefficient (Wildman–Crippen LogP) is 3.46. The van der Waals surface area contributed by atoms with E-state index in [1.165, 1.54) is 5.56 Å².